The average molecular weight is 371 g/mol. The van der Waals surface area contributed by atoms with Gasteiger partial charge in [-0.15, -0.1) is 0 Å². The molecule has 6 heteroatoms. The fraction of sp³-hybridized carbons (Fsp3) is 0.200. The van der Waals surface area contributed by atoms with E-state index < -0.39 is 12.0 Å². The summed E-state index contributed by atoms with van der Waals surface area (Å²) in [7, 11) is 0. The molecule has 0 aliphatic heterocycles. The van der Waals surface area contributed by atoms with Crippen LogP contribution < -0.4 is 5.32 Å². The molecule has 1 heterocycles. The Morgan fingerprint density at radius 3 is 2.58 bits per heavy atom. The number of aliphatic carboxylic acids is 1. The third-order valence-corrected chi connectivity index (χ3v) is 4.59. The van der Waals surface area contributed by atoms with Gasteiger partial charge in [-0.3, -0.25) is 4.79 Å². The number of nitrogens with one attached hydrogen (secondary N) is 1. The van der Waals surface area contributed by atoms with E-state index in [4.69, 9.17) is 11.6 Å². The van der Waals surface area contributed by atoms with Crippen molar-refractivity contribution in [2.75, 3.05) is 0 Å². The SMILES string of the molecule is O=C(CCn1ccc2c(Cl)cccc21)N[C@H](Cc1ccccc1)C(=O)O. The lowest BCUT2D eigenvalue weighted by Crippen LogP contribution is -2.42. The summed E-state index contributed by atoms with van der Waals surface area (Å²) >= 11 is 6.16. The summed E-state index contributed by atoms with van der Waals surface area (Å²) < 4.78 is 1.94. The molecule has 1 amide bonds. The van der Waals surface area contributed by atoms with Gasteiger partial charge in [0.05, 0.1) is 0 Å². The number of rotatable bonds is 7. The predicted molar refractivity (Wildman–Crippen MR) is 101 cm³/mol. The summed E-state index contributed by atoms with van der Waals surface area (Å²) in [5.41, 5.74) is 1.82. The number of hydrogen-bond donors (Lipinski definition) is 2. The van der Waals surface area contributed by atoms with E-state index in [-0.39, 0.29) is 18.7 Å². The zero-order valence-corrected chi connectivity index (χ0v) is 14.8. The molecule has 0 radical (unpaired) electrons. The Morgan fingerprint density at radius 2 is 1.85 bits per heavy atom. The lowest BCUT2D eigenvalue weighted by atomic mass is 10.1. The van der Waals surface area contributed by atoms with Crippen LogP contribution >= 0.6 is 11.6 Å². The first-order valence-corrected chi connectivity index (χ1v) is 8.72. The highest BCUT2D eigenvalue weighted by atomic mass is 35.5. The van der Waals surface area contributed by atoms with Gasteiger partial charge in [0.25, 0.3) is 0 Å². The van der Waals surface area contributed by atoms with Crippen molar-refractivity contribution in [1.82, 2.24) is 9.88 Å². The summed E-state index contributed by atoms with van der Waals surface area (Å²) in [6.45, 7) is 0.452. The maximum Gasteiger partial charge on any atom is 0.326 e. The van der Waals surface area contributed by atoms with Crippen molar-refractivity contribution >= 4 is 34.4 Å². The average Bonchev–Trinajstić information content (AvgIpc) is 3.05. The van der Waals surface area contributed by atoms with Gasteiger partial charge in [0.1, 0.15) is 6.04 Å². The maximum atomic E-state index is 12.2. The molecule has 0 aliphatic rings. The monoisotopic (exact) mass is 370 g/mol. The minimum atomic E-state index is -1.04. The van der Waals surface area contributed by atoms with Crippen LogP contribution in [-0.4, -0.2) is 27.6 Å². The number of carboxylic acid groups (broad SMARTS) is 1. The van der Waals surface area contributed by atoms with Crippen LogP contribution in [0.15, 0.2) is 60.8 Å². The molecular formula is C20H19ClN2O3. The predicted octanol–water partition coefficient (Wildman–Crippen LogP) is 3.50. The van der Waals surface area contributed by atoms with Gasteiger partial charge in [-0.05, 0) is 23.8 Å². The van der Waals surface area contributed by atoms with Crippen molar-refractivity contribution in [3.63, 3.8) is 0 Å². The number of hydrogen-bond acceptors (Lipinski definition) is 2. The van der Waals surface area contributed by atoms with E-state index in [0.29, 0.717) is 11.6 Å². The van der Waals surface area contributed by atoms with E-state index in [0.717, 1.165) is 16.5 Å². The minimum absolute atomic E-state index is 0.189. The Kier molecular flexibility index (Phi) is 5.58. The molecule has 3 rings (SSSR count). The van der Waals surface area contributed by atoms with Gasteiger partial charge in [0.2, 0.25) is 5.91 Å². The first-order chi connectivity index (χ1) is 12.5. The molecule has 3 aromatic rings. The summed E-state index contributed by atoms with van der Waals surface area (Å²) in [6.07, 6.45) is 2.32. The van der Waals surface area contributed by atoms with Crippen molar-refractivity contribution in [2.24, 2.45) is 0 Å². The van der Waals surface area contributed by atoms with E-state index in [1.165, 1.54) is 0 Å². The van der Waals surface area contributed by atoms with E-state index in [9.17, 15) is 14.7 Å². The number of nitrogens with zero attached hydrogens (tertiary/aromatic N) is 1. The quantitative estimate of drug-likeness (QED) is 0.668. The molecule has 0 saturated carbocycles. The number of benzene rings is 2. The highest BCUT2D eigenvalue weighted by Gasteiger charge is 2.20. The third-order valence-electron chi connectivity index (χ3n) is 4.26. The van der Waals surface area contributed by atoms with Gasteiger partial charge in [-0.1, -0.05) is 48.0 Å². The van der Waals surface area contributed by atoms with Crippen LogP contribution in [-0.2, 0) is 22.6 Å². The largest absolute Gasteiger partial charge is 0.480 e. The number of carboxylic acids is 1. The second kappa shape index (κ2) is 8.06. The molecule has 2 aromatic carbocycles. The van der Waals surface area contributed by atoms with Crippen LogP contribution in [0.2, 0.25) is 5.02 Å². The van der Waals surface area contributed by atoms with Crippen molar-refractivity contribution in [2.45, 2.75) is 25.4 Å². The molecule has 1 atom stereocenters. The molecule has 0 spiro atoms. The second-order valence-corrected chi connectivity index (χ2v) is 6.49. The Labute approximate surface area is 156 Å². The third kappa shape index (κ3) is 4.24. The van der Waals surface area contributed by atoms with Crippen LogP contribution in [0, 0.1) is 0 Å². The van der Waals surface area contributed by atoms with Crippen molar-refractivity contribution in [3.05, 3.63) is 71.4 Å². The topological polar surface area (TPSA) is 71.3 Å². The van der Waals surface area contributed by atoms with Crippen LogP contribution in [0.1, 0.15) is 12.0 Å². The van der Waals surface area contributed by atoms with Crippen LogP contribution in [0.25, 0.3) is 10.9 Å². The zero-order valence-electron chi connectivity index (χ0n) is 14.1. The highest BCUT2D eigenvalue weighted by Crippen LogP contribution is 2.24. The number of aromatic nitrogens is 1. The minimum Gasteiger partial charge on any atom is -0.480 e. The maximum absolute atomic E-state index is 12.2. The molecule has 134 valence electrons. The number of carbonyl (C=O) groups is 2. The molecule has 0 aliphatic carbocycles. The number of amides is 1. The summed E-state index contributed by atoms with van der Waals surface area (Å²) in [4.78, 5) is 23.7. The summed E-state index contributed by atoms with van der Waals surface area (Å²) in [6, 6.07) is 15.8. The number of aryl methyl sites for hydroxylation is 1. The first-order valence-electron chi connectivity index (χ1n) is 8.34. The lowest BCUT2D eigenvalue weighted by molar-refractivity contribution is -0.141. The Hall–Kier alpha value is -2.79. The lowest BCUT2D eigenvalue weighted by Gasteiger charge is -2.15. The van der Waals surface area contributed by atoms with Gasteiger partial charge in [-0.25, -0.2) is 4.79 Å². The van der Waals surface area contributed by atoms with E-state index >= 15 is 0 Å². The van der Waals surface area contributed by atoms with Gasteiger partial charge >= 0.3 is 5.97 Å². The molecular weight excluding hydrogens is 352 g/mol. The normalized spacial score (nSPS) is 12.0. The van der Waals surface area contributed by atoms with Gasteiger partial charge in [0.15, 0.2) is 0 Å². The molecule has 5 nitrogen and oxygen atoms in total. The highest BCUT2D eigenvalue weighted by molar-refractivity contribution is 6.35. The second-order valence-electron chi connectivity index (χ2n) is 6.08. The fourth-order valence-corrected chi connectivity index (χ4v) is 3.15. The first kappa shape index (κ1) is 18.0. The van der Waals surface area contributed by atoms with Crippen LogP contribution in [0.4, 0.5) is 0 Å². The van der Waals surface area contributed by atoms with Crippen molar-refractivity contribution in [3.8, 4) is 0 Å². The van der Waals surface area contributed by atoms with E-state index in [1.54, 1.807) is 0 Å². The molecule has 1 aromatic heterocycles. The van der Waals surface area contributed by atoms with Crippen molar-refractivity contribution < 1.29 is 14.7 Å². The summed E-state index contributed by atoms with van der Waals surface area (Å²) in [5, 5.41) is 13.6. The van der Waals surface area contributed by atoms with Gasteiger partial charge < -0.3 is 15.0 Å². The number of halogens is 1. The molecule has 0 bridgehead atoms. The Morgan fingerprint density at radius 1 is 1.08 bits per heavy atom. The van der Waals surface area contributed by atoms with E-state index in [1.807, 2.05) is 65.4 Å². The Bertz CT molecular complexity index is 921. The van der Waals surface area contributed by atoms with Crippen LogP contribution in [0.5, 0.6) is 0 Å². The van der Waals surface area contributed by atoms with Gasteiger partial charge in [-0.2, -0.15) is 0 Å². The smallest absolute Gasteiger partial charge is 0.326 e. The standard InChI is InChI=1S/C20H19ClN2O3/c21-16-7-4-8-18-15(16)9-11-23(18)12-10-19(24)22-17(20(25)26)13-14-5-2-1-3-6-14/h1-9,11,17H,10,12-13H2,(H,22,24)(H,25,26)/t17-/m1/s1. The zero-order chi connectivity index (χ0) is 18.5. The van der Waals surface area contributed by atoms with Crippen molar-refractivity contribution in [1.29, 1.82) is 0 Å². The fourth-order valence-electron chi connectivity index (χ4n) is 2.92. The molecule has 2 N–H and O–H groups in total. The molecule has 0 fully saturated rings. The number of carbonyl (C=O) groups excluding carboxylic acids is 1. The van der Waals surface area contributed by atoms with Crippen LogP contribution in [0.3, 0.4) is 0 Å². The molecule has 26 heavy (non-hydrogen) atoms. The molecule has 0 unspecified atom stereocenters. The van der Waals surface area contributed by atoms with Gasteiger partial charge in [0, 0.05) is 41.5 Å². The summed E-state index contributed by atoms with van der Waals surface area (Å²) in [5.74, 6) is -1.34. The molecule has 0 saturated heterocycles. The number of fused-ring (bicyclic) bond motifs is 1. The van der Waals surface area contributed by atoms with E-state index in [2.05, 4.69) is 5.32 Å². The Balaban J connectivity index is 1.61.